The second-order valence-corrected chi connectivity index (χ2v) is 3.71. The molecule has 0 spiro atoms. The Kier molecular flexibility index (Phi) is 3.26. The summed E-state index contributed by atoms with van der Waals surface area (Å²) >= 11 is 5.62. The maximum absolute atomic E-state index is 13.6. The number of halogens is 2. The molecule has 0 atom stereocenters. The molecule has 0 aliphatic carbocycles. The molecule has 2 aromatic rings. The van der Waals surface area contributed by atoms with Gasteiger partial charge in [-0.15, -0.1) is 0 Å². The number of aromatic nitrogens is 2. The largest absolute Gasteiger partial charge is 0.394 e. The van der Waals surface area contributed by atoms with Crippen molar-refractivity contribution in [2.24, 2.45) is 0 Å². The lowest BCUT2D eigenvalue weighted by Crippen LogP contribution is -2.02. The first-order valence-electron chi connectivity index (χ1n) is 4.85. The molecule has 0 unspecified atom stereocenters. The van der Waals surface area contributed by atoms with Crippen LogP contribution in [0.25, 0.3) is 0 Å². The Morgan fingerprint density at radius 2 is 2.22 bits per heavy atom. The van der Waals surface area contributed by atoms with Crippen LogP contribution in [0.15, 0.2) is 24.4 Å². The zero-order chi connectivity index (χ0) is 13.1. The van der Waals surface area contributed by atoms with Gasteiger partial charge in [0, 0.05) is 0 Å². The summed E-state index contributed by atoms with van der Waals surface area (Å²) in [6, 6.07) is 5.85. The standard InChI is InChI=1S/C11H7ClFN5/c12-11-16-5-8(15)10(18-11)17-9-2-1-6(4-14)3-7(9)13/h1-3,5H,15H2,(H,16,17,18). The van der Waals surface area contributed by atoms with Crippen LogP contribution in [0.1, 0.15) is 5.56 Å². The van der Waals surface area contributed by atoms with Gasteiger partial charge in [-0.2, -0.15) is 10.2 Å². The van der Waals surface area contributed by atoms with Gasteiger partial charge in [0.2, 0.25) is 5.28 Å². The normalized spacial score (nSPS) is 9.83. The maximum atomic E-state index is 13.6. The van der Waals surface area contributed by atoms with E-state index in [1.807, 2.05) is 6.07 Å². The molecule has 5 nitrogen and oxygen atoms in total. The smallest absolute Gasteiger partial charge is 0.224 e. The number of hydrogen-bond acceptors (Lipinski definition) is 5. The van der Waals surface area contributed by atoms with Crippen molar-refractivity contribution in [3.05, 3.63) is 41.1 Å². The third-order valence-electron chi connectivity index (χ3n) is 2.14. The van der Waals surface area contributed by atoms with Crippen LogP contribution in [0, 0.1) is 17.1 Å². The van der Waals surface area contributed by atoms with Gasteiger partial charge in [0.05, 0.1) is 29.2 Å². The van der Waals surface area contributed by atoms with Crippen LogP contribution in [0.3, 0.4) is 0 Å². The third-order valence-corrected chi connectivity index (χ3v) is 2.32. The molecule has 0 amide bonds. The van der Waals surface area contributed by atoms with Gasteiger partial charge in [-0.25, -0.2) is 9.37 Å². The first kappa shape index (κ1) is 12.1. The average molecular weight is 264 g/mol. The molecule has 0 aliphatic heterocycles. The Balaban J connectivity index is 2.34. The Labute approximate surface area is 107 Å². The average Bonchev–Trinajstić information content (AvgIpc) is 2.36. The van der Waals surface area contributed by atoms with Gasteiger partial charge in [-0.3, -0.25) is 0 Å². The minimum absolute atomic E-state index is 0.000697. The lowest BCUT2D eigenvalue weighted by molar-refractivity contribution is 0.631. The van der Waals surface area contributed by atoms with Crippen molar-refractivity contribution in [1.29, 1.82) is 5.26 Å². The monoisotopic (exact) mass is 263 g/mol. The van der Waals surface area contributed by atoms with Crippen molar-refractivity contribution in [3.8, 4) is 6.07 Å². The molecule has 0 fully saturated rings. The fourth-order valence-corrected chi connectivity index (χ4v) is 1.42. The third kappa shape index (κ3) is 2.47. The molecule has 1 heterocycles. The molecule has 3 N–H and O–H groups in total. The molecule has 0 saturated carbocycles. The van der Waals surface area contributed by atoms with E-state index in [2.05, 4.69) is 15.3 Å². The van der Waals surface area contributed by atoms with E-state index in [4.69, 9.17) is 22.6 Å². The van der Waals surface area contributed by atoms with Gasteiger partial charge >= 0.3 is 0 Å². The van der Waals surface area contributed by atoms with Gasteiger partial charge < -0.3 is 11.1 Å². The topological polar surface area (TPSA) is 87.6 Å². The van der Waals surface area contributed by atoms with Crippen molar-refractivity contribution in [1.82, 2.24) is 9.97 Å². The molecule has 1 aromatic carbocycles. The van der Waals surface area contributed by atoms with Crippen LogP contribution >= 0.6 is 11.6 Å². The molecule has 90 valence electrons. The number of anilines is 3. The zero-order valence-corrected chi connectivity index (χ0v) is 9.74. The van der Waals surface area contributed by atoms with Crippen molar-refractivity contribution in [2.75, 3.05) is 11.1 Å². The van der Waals surface area contributed by atoms with Crippen LogP contribution in [-0.2, 0) is 0 Å². The van der Waals surface area contributed by atoms with E-state index in [1.54, 1.807) is 0 Å². The van der Waals surface area contributed by atoms with Crippen LogP contribution in [0.4, 0.5) is 21.6 Å². The van der Waals surface area contributed by atoms with Crippen LogP contribution in [0.5, 0.6) is 0 Å². The predicted molar refractivity (Wildman–Crippen MR) is 65.9 cm³/mol. The minimum atomic E-state index is -0.580. The van der Waals surface area contributed by atoms with Gasteiger partial charge in [-0.1, -0.05) is 0 Å². The lowest BCUT2D eigenvalue weighted by atomic mass is 10.2. The number of benzene rings is 1. The molecule has 18 heavy (non-hydrogen) atoms. The maximum Gasteiger partial charge on any atom is 0.224 e. The molecular weight excluding hydrogens is 257 g/mol. The minimum Gasteiger partial charge on any atom is -0.394 e. The van der Waals surface area contributed by atoms with Crippen molar-refractivity contribution in [2.45, 2.75) is 0 Å². The molecule has 7 heteroatoms. The Morgan fingerprint density at radius 1 is 1.44 bits per heavy atom. The lowest BCUT2D eigenvalue weighted by Gasteiger charge is -2.08. The van der Waals surface area contributed by atoms with Crippen molar-refractivity contribution in [3.63, 3.8) is 0 Å². The predicted octanol–water partition coefficient (Wildman–Crippen LogP) is 2.47. The highest BCUT2D eigenvalue weighted by Crippen LogP contribution is 2.23. The summed E-state index contributed by atoms with van der Waals surface area (Å²) in [5, 5.41) is 11.3. The quantitative estimate of drug-likeness (QED) is 0.813. The number of nitrogen functional groups attached to an aromatic ring is 1. The Hall–Kier alpha value is -2.39. The van der Waals surface area contributed by atoms with Gasteiger partial charge in [0.25, 0.3) is 0 Å². The first-order valence-corrected chi connectivity index (χ1v) is 5.22. The number of nitriles is 1. The first-order chi connectivity index (χ1) is 8.60. The Bertz CT molecular complexity index is 638. The van der Waals surface area contributed by atoms with E-state index in [1.165, 1.54) is 18.3 Å². The second-order valence-electron chi connectivity index (χ2n) is 3.37. The molecule has 0 saturated heterocycles. The summed E-state index contributed by atoms with van der Waals surface area (Å²) in [7, 11) is 0. The number of nitrogens with zero attached hydrogens (tertiary/aromatic N) is 3. The molecule has 0 aliphatic rings. The highest BCUT2D eigenvalue weighted by molar-refractivity contribution is 6.28. The summed E-state index contributed by atoms with van der Waals surface area (Å²) in [6.07, 6.45) is 1.32. The van der Waals surface area contributed by atoms with Gasteiger partial charge in [0.15, 0.2) is 5.82 Å². The van der Waals surface area contributed by atoms with Crippen LogP contribution in [0.2, 0.25) is 5.28 Å². The highest BCUT2D eigenvalue weighted by atomic mass is 35.5. The van der Waals surface area contributed by atoms with E-state index in [0.717, 1.165) is 6.07 Å². The molecule has 2 rings (SSSR count). The number of nitrogens with one attached hydrogen (secondary N) is 1. The zero-order valence-electron chi connectivity index (χ0n) is 8.98. The summed E-state index contributed by atoms with van der Waals surface area (Å²) in [4.78, 5) is 7.52. The molecule has 0 bridgehead atoms. The fourth-order valence-electron chi connectivity index (χ4n) is 1.28. The molecule has 0 radical (unpaired) electrons. The van der Waals surface area contributed by atoms with E-state index in [-0.39, 0.29) is 28.0 Å². The van der Waals surface area contributed by atoms with E-state index in [0.29, 0.717) is 0 Å². The Morgan fingerprint density at radius 3 is 2.89 bits per heavy atom. The van der Waals surface area contributed by atoms with Gasteiger partial charge in [-0.05, 0) is 29.8 Å². The van der Waals surface area contributed by atoms with E-state index in [9.17, 15) is 4.39 Å². The molecular formula is C11H7ClFN5. The number of nitrogens with two attached hydrogens (primary N) is 1. The number of rotatable bonds is 2. The van der Waals surface area contributed by atoms with Crippen molar-refractivity contribution < 1.29 is 4.39 Å². The van der Waals surface area contributed by atoms with Gasteiger partial charge in [0.1, 0.15) is 5.82 Å². The highest BCUT2D eigenvalue weighted by Gasteiger charge is 2.08. The van der Waals surface area contributed by atoms with Crippen LogP contribution in [-0.4, -0.2) is 9.97 Å². The van der Waals surface area contributed by atoms with Crippen molar-refractivity contribution >= 4 is 28.8 Å². The van der Waals surface area contributed by atoms with Crippen LogP contribution < -0.4 is 11.1 Å². The summed E-state index contributed by atoms with van der Waals surface area (Å²) in [6.45, 7) is 0. The fraction of sp³-hybridized carbons (Fsp3) is 0. The van der Waals surface area contributed by atoms with E-state index >= 15 is 0 Å². The summed E-state index contributed by atoms with van der Waals surface area (Å²) in [5.41, 5.74) is 6.24. The number of hydrogen-bond donors (Lipinski definition) is 2. The van der Waals surface area contributed by atoms with E-state index < -0.39 is 5.82 Å². The molecule has 1 aromatic heterocycles. The summed E-state index contributed by atoms with van der Waals surface area (Å²) < 4.78 is 13.6. The summed E-state index contributed by atoms with van der Waals surface area (Å²) in [5.74, 6) is -0.373. The second kappa shape index (κ2) is 4.85. The SMILES string of the molecule is N#Cc1ccc(Nc2nc(Cl)ncc2N)c(F)c1.